The lowest BCUT2D eigenvalue weighted by Crippen LogP contribution is -2.62. The van der Waals surface area contributed by atoms with Gasteiger partial charge in [-0.3, -0.25) is 14.3 Å². The van der Waals surface area contributed by atoms with Crippen LogP contribution in [0.4, 0.5) is 5.69 Å². The van der Waals surface area contributed by atoms with E-state index in [1.54, 1.807) is 11.1 Å². The van der Waals surface area contributed by atoms with Gasteiger partial charge < -0.3 is 14.5 Å². The summed E-state index contributed by atoms with van der Waals surface area (Å²) in [5.74, 6) is 0.0789. The number of carbonyl (C=O) groups excluding carboxylic acids is 2. The first-order valence-corrected chi connectivity index (χ1v) is 9.82. The third-order valence-electron chi connectivity index (χ3n) is 5.68. The Morgan fingerprint density at radius 3 is 2.79 bits per heavy atom. The monoisotopic (exact) mass is 382 g/mol. The number of carbonyl (C=O) groups is 2. The molecule has 0 aliphatic carbocycles. The Labute approximate surface area is 164 Å². The quantitative estimate of drug-likeness (QED) is 0.811. The summed E-state index contributed by atoms with van der Waals surface area (Å²) >= 11 is 0. The van der Waals surface area contributed by atoms with Gasteiger partial charge >= 0.3 is 0 Å². The molecule has 1 unspecified atom stereocenters. The number of nitrogens with zero attached hydrogens (tertiary/aromatic N) is 4. The third-order valence-corrected chi connectivity index (χ3v) is 5.68. The topological polar surface area (TPSA) is 67.7 Å². The highest BCUT2D eigenvalue weighted by Gasteiger charge is 2.44. The number of rotatable bonds is 4. The van der Waals surface area contributed by atoms with E-state index in [2.05, 4.69) is 5.10 Å². The van der Waals surface area contributed by atoms with Crippen molar-refractivity contribution >= 4 is 17.5 Å². The molecule has 0 radical (unpaired) electrons. The molecule has 1 aromatic carbocycles. The first-order valence-electron chi connectivity index (χ1n) is 9.82. The van der Waals surface area contributed by atoms with E-state index in [0.717, 1.165) is 30.8 Å². The van der Waals surface area contributed by atoms with E-state index < -0.39 is 5.60 Å². The van der Waals surface area contributed by atoms with Crippen LogP contribution in [0, 0.1) is 6.92 Å². The lowest BCUT2D eigenvalue weighted by Gasteiger charge is -2.47. The number of benzene rings is 1. The predicted octanol–water partition coefficient (Wildman–Crippen LogP) is 2.01. The first-order chi connectivity index (χ1) is 13.6. The van der Waals surface area contributed by atoms with Crippen molar-refractivity contribution in [1.29, 1.82) is 0 Å². The van der Waals surface area contributed by atoms with E-state index in [0.29, 0.717) is 26.1 Å². The van der Waals surface area contributed by atoms with Gasteiger partial charge in [-0.25, -0.2) is 0 Å². The van der Waals surface area contributed by atoms with Crippen LogP contribution in [0.5, 0.6) is 0 Å². The fraction of sp³-hybridized carbons (Fsp3) is 0.476. The van der Waals surface area contributed by atoms with Crippen molar-refractivity contribution in [2.45, 2.75) is 38.3 Å². The number of aromatic nitrogens is 2. The molecule has 0 saturated carbocycles. The summed E-state index contributed by atoms with van der Waals surface area (Å²) in [6.07, 6.45) is 3.90. The molecular formula is C21H26N4O3. The standard InChI is InChI=1S/C21H26N4O3/c1-17-8-11-22-25(17)13-9-19(26)23-12-5-10-21(15-23)16-24(20(27)14-28-21)18-6-3-2-4-7-18/h2-4,6-8,11H,5,9-10,12-16H2,1H3. The van der Waals surface area contributed by atoms with Crippen LogP contribution in [-0.4, -0.2) is 58.3 Å². The molecule has 7 heteroatoms. The summed E-state index contributed by atoms with van der Waals surface area (Å²) in [6.45, 7) is 4.37. The van der Waals surface area contributed by atoms with Crippen LogP contribution in [0.1, 0.15) is 25.0 Å². The van der Waals surface area contributed by atoms with Gasteiger partial charge in [0.25, 0.3) is 5.91 Å². The second-order valence-electron chi connectivity index (χ2n) is 7.65. The Hall–Kier alpha value is -2.67. The molecule has 2 fully saturated rings. The highest BCUT2D eigenvalue weighted by molar-refractivity contribution is 5.95. The minimum Gasteiger partial charge on any atom is -0.361 e. The van der Waals surface area contributed by atoms with E-state index in [-0.39, 0.29) is 18.4 Å². The van der Waals surface area contributed by atoms with Gasteiger partial charge in [0, 0.05) is 37.1 Å². The highest BCUT2D eigenvalue weighted by Crippen LogP contribution is 2.32. The number of morpholine rings is 1. The van der Waals surface area contributed by atoms with E-state index in [9.17, 15) is 9.59 Å². The second-order valence-corrected chi connectivity index (χ2v) is 7.65. The van der Waals surface area contributed by atoms with E-state index in [1.807, 2.05) is 52.9 Å². The highest BCUT2D eigenvalue weighted by atomic mass is 16.5. The van der Waals surface area contributed by atoms with Crippen molar-refractivity contribution in [2.75, 3.05) is 31.1 Å². The summed E-state index contributed by atoms with van der Waals surface area (Å²) in [5, 5.41) is 4.25. The number of hydrogen-bond donors (Lipinski definition) is 0. The maximum atomic E-state index is 12.8. The molecule has 2 aliphatic heterocycles. The number of ether oxygens (including phenoxy) is 1. The zero-order valence-corrected chi connectivity index (χ0v) is 16.2. The largest absolute Gasteiger partial charge is 0.361 e. The fourth-order valence-electron chi connectivity index (χ4n) is 4.11. The molecule has 4 rings (SSSR count). The minimum atomic E-state index is -0.487. The molecule has 1 spiro atoms. The van der Waals surface area contributed by atoms with Crippen LogP contribution in [0.2, 0.25) is 0 Å². The van der Waals surface area contributed by atoms with E-state index in [4.69, 9.17) is 4.74 Å². The van der Waals surface area contributed by atoms with Crippen molar-refractivity contribution in [2.24, 2.45) is 0 Å². The lowest BCUT2D eigenvalue weighted by atomic mass is 9.90. The molecule has 28 heavy (non-hydrogen) atoms. The number of aryl methyl sites for hydroxylation is 2. The third kappa shape index (κ3) is 3.80. The average Bonchev–Trinajstić information content (AvgIpc) is 3.14. The Bertz CT molecular complexity index is 850. The zero-order chi connectivity index (χ0) is 19.6. The molecular weight excluding hydrogens is 356 g/mol. The van der Waals surface area contributed by atoms with Gasteiger partial charge in [0.05, 0.1) is 13.1 Å². The molecule has 2 saturated heterocycles. The van der Waals surface area contributed by atoms with Gasteiger partial charge in [-0.05, 0) is 38.0 Å². The van der Waals surface area contributed by atoms with Gasteiger partial charge in [-0.2, -0.15) is 5.10 Å². The van der Waals surface area contributed by atoms with Crippen molar-refractivity contribution in [3.63, 3.8) is 0 Å². The summed E-state index contributed by atoms with van der Waals surface area (Å²) in [7, 11) is 0. The summed E-state index contributed by atoms with van der Waals surface area (Å²) in [6, 6.07) is 11.6. The Morgan fingerprint density at radius 1 is 1.21 bits per heavy atom. The number of piperidine rings is 1. The Balaban J connectivity index is 1.43. The SMILES string of the molecule is Cc1ccnn1CCC(=O)N1CCCC2(C1)CN(c1ccccc1)C(=O)CO2. The number of amides is 2. The first kappa shape index (κ1) is 18.7. The lowest BCUT2D eigenvalue weighted by molar-refractivity contribution is -0.153. The van der Waals surface area contributed by atoms with Crippen molar-refractivity contribution in [3.8, 4) is 0 Å². The molecule has 2 aliphatic rings. The second kappa shape index (κ2) is 7.75. The molecule has 7 nitrogen and oxygen atoms in total. The summed E-state index contributed by atoms with van der Waals surface area (Å²) in [5.41, 5.74) is 1.45. The molecule has 0 bridgehead atoms. The fourth-order valence-corrected chi connectivity index (χ4v) is 4.11. The van der Waals surface area contributed by atoms with Crippen LogP contribution in [-0.2, 0) is 20.9 Å². The summed E-state index contributed by atoms with van der Waals surface area (Å²) < 4.78 is 7.87. The maximum Gasteiger partial charge on any atom is 0.253 e. The molecule has 1 atom stereocenters. The normalized spacial score (nSPS) is 22.7. The van der Waals surface area contributed by atoms with Gasteiger partial charge in [0.1, 0.15) is 12.2 Å². The number of likely N-dealkylation sites (tertiary alicyclic amines) is 1. The van der Waals surface area contributed by atoms with Crippen LogP contribution >= 0.6 is 0 Å². The Kier molecular flexibility index (Phi) is 5.17. The van der Waals surface area contributed by atoms with Crippen molar-refractivity contribution < 1.29 is 14.3 Å². The number of hydrogen-bond acceptors (Lipinski definition) is 4. The average molecular weight is 382 g/mol. The minimum absolute atomic E-state index is 0.0329. The molecule has 1 aromatic heterocycles. The van der Waals surface area contributed by atoms with Crippen molar-refractivity contribution in [1.82, 2.24) is 14.7 Å². The van der Waals surface area contributed by atoms with E-state index >= 15 is 0 Å². The van der Waals surface area contributed by atoms with Crippen molar-refractivity contribution in [3.05, 3.63) is 48.3 Å². The smallest absolute Gasteiger partial charge is 0.253 e. The van der Waals surface area contributed by atoms with Gasteiger partial charge in [-0.15, -0.1) is 0 Å². The van der Waals surface area contributed by atoms with Gasteiger partial charge in [0.2, 0.25) is 5.91 Å². The van der Waals surface area contributed by atoms with Gasteiger partial charge in [0.15, 0.2) is 0 Å². The number of para-hydroxylation sites is 1. The molecule has 3 heterocycles. The van der Waals surface area contributed by atoms with Crippen LogP contribution < -0.4 is 4.90 Å². The predicted molar refractivity (Wildman–Crippen MR) is 105 cm³/mol. The maximum absolute atomic E-state index is 12.8. The van der Waals surface area contributed by atoms with Crippen LogP contribution in [0.25, 0.3) is 0 Å². The number of anilines is 1. The van der Waals surface area contributed by atoms with E-state index in [1.165, 1.54) is 0 Å². The molecule has 2 amide bonds. The molecule has 2 aromatic rings. The van der Waals surface area contributed by atoms with Gasteiger partial charge in [-0.1, -0.05) is 18.2 Å². The Morgan fingerprint density at radius 2 is 2.04 bits per heavy atom. The van der Waals surface area contributed by atoms with Crippen LogP contribution in [0.3, 0.4) is 0 Å². The summed E-state index contributed by atoms with van der Waals surface area (Å²) in [4.78, 5) is 28.9. The molecule has 148 valence electrons. The molecule has 0 N–H and O–H groups in total. The van der Waals surface area contributed by atoms with Crippen LogP contribution in [0.15, 0.2) is 42.6 Å². The zero-order valence-electron chi connectivity index (χ0n) is 16.2.